The molecule has 4 aromatic rings. The maximum Gasteiger partial charge on any atom is 0.419 e. The molecule has 1 amide bonds. The number of benzene rings is 2. The van der Waals surface area contributed by atoms with Crippen molar-refractivity contribution in [1.82, 2.24) is 24.2 Å². The smallest absolute Gasteiger partial charge is 0.359 e. The predicted molar refractivity (Wildman–Crippen MR) is 158 cm³/mol. The molecule has 43 heavy (non-hydrogen) atoms. The number of hydrogen-bond acceptors (Lipinski definition) is 7. The van der Waals surface area contributed by atoms with Gasteiger partial charge in [0.25, 0.3) is 10.0 Å². The van der Waals surface area contributed by atoms with E-state index in [1.165, 1.54) is 24.4 Å². The number of para-hydroxylation sites is 1. The number of carbonyl (C=O) groups excluding carboxylic acids is 1. The Morgan fingerprint density at radius 1 is 1.00 bits per heavy atom. The summed E-state index contributed by atoms with van der Waals surface area (Å²) in [7, 11) is -2.57. The van der Waals surface area contributed by atoms with Crippen molar-refractivity contribution in [3.05, 3.63) is 72.6 Å². The van der Waals surface area contributed by atoms with Gasteiger partial charge in [0, 0.05) is 55.1 Å². The number of carbonyl (C=O) groups is 1. The molecule has 228 valence electrons. The first-order valence-corrected chi connectivity index (χ1v) is 15.2. The molecule has 1 aliphatic heterocycles. The van der Waals surface area contributed by atoms with Gasteiger partial charge in [-0.25, -0.2) is 22.4 Å². The van der Waals surface area contributed by atoms with Gasteiger partial charge in [0.2, 0.25) is 11.9 Å². The van der Waals surface area contributed by atoms with Crippen LogP contribution < -0.4 is 10.6 Å². The molecule has 9 nitrogen and oxygen atoms in total. The minimum absolute atomic E-state index is 0.00363. The standard InChI is InChI=1S/C30H33F3N6O3S/c1-29(2,3)38-16-19(27(40)34-4)14-20(17-38)36-28-35-15-24(30(31,32)33)26(37-28)23-18-39(25-13-9-8-12-22(23)25)43(41,42)21-10-6-5-7-11-21/h5-13,15,18-20H,14,16-17H2,1-4H3,(H,34,40)(H,35,36,37)/t19-,20-/m1/s1. The molecule has 2 aromatic heterocycles. The molecule has 0 unspecified atom stereocenters. The van der Waals surface area contributed by atoms with Gasteiger partial charge in [0.1, 0.15) is 5.56 Å². The van der Waals surface area contributed by atoms with Gasteiger partial charge in [-0.05, 0) is 45.4 Å². The predicted octanol–water partition coefficient (Wildman–Crippen LogP) is 5.00. The molecule has 0 saturated carbocycles. The number of nitrogens with zero attached hydrogens (tertiary/aromatic N) is 4. The van der Waals surface area contributed by atoms with E-state index in [4.69, 9.17) is 0 Å². The van der Waals surface area contributed by atoms with Crippen LogP contribution in [0.5, 0.6) is 0 Å². The van der Waals surface area contributed by atoms with Crippen molar-refractivity contribution in [1.29, 1.82) is 0 Å². The summed E-state index contributed by atoms with van der Waals surface area (Å²) in [6.07, 6.45) is -2.49. The first-order chi connectivity index (χ1) is 20.2. The first kappa shape index (κ1) is 30.5. The summed E-state index contributed by atoms with van der Waals surface area (Å²) in [6.45, 7) is 7.15. The Bertz CT molecular complexity index is 1750. The second-order valence-electron chi connectivity index (χ2n) is 11.6. The van der Waals surface area contributed by atoms with Crippen LogP contribution in [0.3, 0.4) is 0 Å². The van der Waals surface area contributed by atoms with Crippen molar-refractivity contribution >= 4 is 32.8 Å². The molecule has 0 bridgehead atoms. The van der Waals surface area contributed by atoms with Gasteiger partial charge in [-0.2, -0.15) is 13.2 Å². The van der Waals surface area contributed by atoms with E-state index in [1.54, 1.807) is 43.4 Å². The highest BCUT2D eigenvalue weighted by atomic mass is 32.2. The Kier molecular flexibility index (Phi) is 7.99. The lowest BCUT2D eigenvalue weighted by molar-refractivity contribution is -0.137. The number of amides is 1. The van der Waals surface area contributed by atoms with Crippen molar-refractivity contribution in [2.75, 3.05) is 25.5 Å². The molecule has 13 heteroatoms. The highest BCUT2D eigenvalue weighted by Crippen LogP contribution is 2.40. The minimum Gasteiger partial charge on any atom is -0.359 e. The van der Waals surface area contributed by atoms with E-state index in [9.17, 15) is 26.4 Å². The van der Waals surface area contributed by atoms with Crippen LogP contribution in [0, 0.1) is 5.92 Å². The molecule has 0 spiro atoms. The minimum atomic E-state index is -4.81. The van der Waals surface area contributed by atoms with Crippen LogP contribution in [0.25, 0.3) is 22.2 Å². The van der Waals surface area contributed by atoms with Gasteiger partial charge in [-0.3, -0.25) is 9.69 Å². The zero-order valence-corrected chi connectivity index (χ0v) is 25.0. The zero-order valence-electron chi connectivity index (χ0n) is 24.2. The number of rotatable bonds is 6. The molecule has 1 aliphatic rings. The van der Waals surface area contributed by atoms with E-state index in [-0.39, 0.29) is 50.7 Å². The van der Waals surface area contributed by atoms with E-state index >= 15 is 0 Å². The molecule has 3 heterocycles. The highest BCUT2D eigenvalue weighted by Gasteiger charge is 2.38. The number of aromatic nitrogens is 3. The van der Waals surface area contributed by atoms with Gasteiger partial charge in [-0.1, -0.05) is 36.4 Å². The summed E-state index contributed by atoms with van der Waals surface area (Å²) in [4.78, 5) is 23.0. The van der Waals surface area contributed by atoms with E-state index in [0.717, 1.165) is 3.97 Å². The van der Waals surface area contributed by atoms with E-state index in [0.29, 0.717) is 25.7 Å². The lowest BCUT2D eigenvalue weighted by atomic mass is 9.90. The third-order valence-corrected chi connectivity index (χ3v) is 9.36. The number of likely N-dealkylation sites (tertiary alicyclic amines) is 1. The number of nitrogens with one attached hydrogen (secondary N) is 2. The van der Waals surface area contributed by atoms with Crippen LogP contribution in [0.2, 0.25) is 0 Å². The molecule has 1 fully saturated rings. The van der Waals surface area contributed by atoms with E-state index in [2.05, 4.69) is 25.5 Å². The van der Waals surface area contributed by atoms with E-state index in [1.807, 2.05) is 20.8 Å². The van der Waals surface area contributed by atoms with Crippen LogP contribution >= 0.6 is 0 Å². The largest absolute Gasteiger partial charge is 0.419 e. The third kappa shape index (κ3) is 6.09. The number of halogens is 3. The van der Waals surface area contributed by atoms with Crippen LogP contribution in [0.1, 0.15) is 32.8 Å². The summed E-state index contributed by atoms with van der Waals surface area (Å²) in [6, 6.07) is 13.7. The van der Waals surface area contributed by atoms with Crippen molar-refractivity contribution < 1.29 is 26.4 Å². The fourth-order valence-corrected chi connectivity index (χ4v) is 6.83. The number of hydrogen-bond donors (Lipinski definition) is 2. The molecule has 0 radical (unpaired) electrons. The Morgan fingerprint density at radius 3 is 2.33 bits per heavy atom. The molecule has 5 rings (SSSR count). The van der Waals surface area contributed by atoms with Crippen molar-refractivity contribution in [3.8, 4) is 11.3 Å². The second-order valence-corrected chi connectivity index (χ2v) is 13.4. The topological polar surface area (TPSA) is 109 Å². The monoisotopic (exact) mass is 614 g/mol. The van der Waals surface area contributed by atoms with E-state index < -0.39 is 27.5 Å². The Labute approximate surface area is 248 Å². The average molecular weight is 615 g/mol. The van der Waals surface area contributed by atoms with Gasteiger partial charge in [-0.15, -0.1) is 0 Å². The number of fused-ring (bicyclic) bond motifs is 1. The second kappa shape index (κ2) is 11.3. The normalized spacial score (nSPS) is 18.5. The number of piperidine rings is 1. The lowest BCUT2D eigenvalue weighted by Gasteiger charge is -2.44. The van der Waals surface area contributed by atoms with Gasteiger partial charge >= 0.3 is 6.18 Å². The molecule has 2 atom stereocenters. The molecule has 1 saturated heterocycles. The van der Waals surface area contributed by atoms with Crippen molar-refractivity contribution in [2.45, 2.75) is 49.8 Å². The molecular weight excluding hydrogens is 581 g/mol. The first-order valence-electron chi connectivity index (χ1n) is 13.8. The average Bonchev–Trinajstić information content (AvgIpc) is 3.36. The molecular formula is C30H33F3N6O3S. The maximum absolute atomic E-state index is 14.3. The number of anilines is 1. The molecule has 2 aromatic carbocycles. The van der Waals surface area contributed by atoms with Crippen LogP contribution in [0.4, 0.5) is 19.1 Å². The van der Waals surface area contributed by atoms with Crippen LogP contribution in [0.15, 0.2) is 71.9 Å². The molecule has 0 aliphatic carbocycles. The maximum atomic E-state index is 14.3. The quantitative estimate of drug-likeness (QED) is 0.315. The summed E-state index contributed by atoms with van der Waals surface area (Å²) < 4.78 is 71.1. The van der Waals surface area contributed by atoms with Crippen LogP contribution in [-0.4, -0.2) is 64.9 Å². The van der Waals surface area contributed by atoms with Crippen LogP contribution in [-0.2, 0) is 21.0 Å². The Morgan fingerprint density at radius 2 is 1.67 bits per heavy atom. The van der Waals surface area contributed by atoms with Crippen molar-refractivity contribution in [3.63, 3.8) is 0 Å². The summed E-state index contributed by atoms with van der Waals surface area (Å²) in [5.41, 5.74) is -1.60. The SMILES string of the molecule is CNC(=O)[C@@H]1C[C@@H](Nc2ncc(C(F)(F)F)c(-c3cn(S(=O)(=O)c4ccccc4)c4ccccc34)n2)CN(C(C)(C)C)C1. The third-order valence-electron chi connectivity index (χ3n) is 7.68. The Hall–Kier alpha value is -3.97. The summed E-state index contributed by atoms with van der Waals surface area (Å²) in [5.74, 6) is -0.519. The zero-order chi connectivity index (χ0) is 31.2. The number of alkyl halides is 3. The van der Waals surface area contributed by atoms with Crippen molar-refractivity contribution in [2.24, 2.45) is 5.92 Å². The lowest BCUT2D eigenvalue weighted by Crippen LogP contribution is -2.56. The highest BCUT2D eigenvalue weighted by molar-refractivity contribution is 7.90. The van der Waals surface area contributed by atoms with Gasteiger partial charge in [0.05, 0.1) is 22.0 Å². The fourth-order valence-electron chi connectivity index (χ4n) is 5.44. The summed E-state index contributed by atoms with van der Waals surface area (Å²) in [5, 5.41) is 6.13. The van der Waals surface area contributed by atoms with Gasteiger partial charge < -0.3 is 10.6 Å². The fraction of sp³-hybridized carbons (Fsp3) is 0.367. The molecule has 2 N–H and O–H groups in total. The van der Waals surface area contributed by atoms with Gasteiger partial charge in [0.15, 0.2) is 0 Å². The Balaban J connectivity index is 1.61. The summed E-state index contributed by atoms with van der Waals surface area (Å²) >= 11 is 0.